The largest absolute Gasteiger partial charge is 0.359 e. The first-order chi connectivity index (χ1) is 8.52. The second-order valence-corrected chi connectivity index (χ2v) is 4.74. The molecule has 114 valence electrons. The van der Waals surface area contributed by atoms with Crippen molar-refractivity contribution in [2.24, 2.45) is 11.7 Å². The maximum absolute atomic E-state index is 11.8. The fraction of sp³-hybridized carbons (Fsp3) is 0.846. The molecule has 0 aliphatic carbocycles. The summed E-state index contributed by atoms with van der Waals surface area (Å²) in [4.78, 5) is 24.8. The van der Waals surface area contributed by atoms with Crippen LogP contribution in [0.3, 0.4) is 0 Å². The van der Waals surface area contributed by atoms with Crippen molar-refractivity contribution in [3.8, 4) is 0 Å². The van der Waals surface area contributed by atoms with Crippen LogP contribution in [0.5, 0.6) is 0 Å². The number of hydrogen-bond donors (Lipinski definition) is 2. The van der Waals surface area contributed by atoms with Crippen molar-refractivity contribution < 1.29 is 9.59 Å². The maximum Gasteiger partial charge on any atom is 0.224 e. The van der Waals surface area contributed by atoms with Crippen molar-refractivity contribution in [2.75, 3.05) is 27.2 Å². The van der Waals surface area contributed by atoms with E-state index >= 15 is 0 Å². The molecular formula is C13H28ClN3O2. The number of amides is 2. The van der Waals surface area contributed by atoms with E-state index in [4.69, 9.17) is 5.73 Å². The van der Waals surface area contributed by atoms with Gasteiger partial charge in [0.15, 0.2) is 0 Å². The summed E-state index contributed by atoms with van der Waals surface area (Å²) in [6, 6.07) is 0. The van der Waals surface area contributed by atoms with E-state index < -0.39 is 0 Å². The fourth-order valence-electron chi connectivity index (χ4n) is 1.81. The SMILES string of the molecule is CNC(=O)C(C)CN(C)C(=O)CCCCCCN.Cl. The number of halogens is 1. The Balaban J connectivity index is 0. The van der Waals surface area contributed by atoms with Gasteiger partial charge in [-0.15, -0.1) is 12.4 Å². The van der Waals surface area contributed by atoms with Crippen molar-refractivity contribution in [1.29, 1.82) is 0 Å². The molecule has 0 rings (SSSR count). The van der Waals surface area contributed by atoms with Gasteiger partial charge in [-0.1, -0.05) is 19.8 Å². The van der Waals surface area contributed by atoms with Crippen LogP contribution in [0.15, 0.2) is 0 Å². The Morgan fingerprint density at radius 3 is 2.32 bits per heavy atom. The number of nitrogens with one attached hydrogen (secondary N) is 1. The number of unbranched alkanes of at least 4 members (excludes halogenated alkanes) is 3. The molecule has 0 aromatic rings. The molecule has 19 heavy (non-hydrogen) atoms. The lowest BCUT2D eigenvalue weighted by Gasteiger charge is -2.20. The lowest BCUT2D eigenvalue weighted by Crippen LogP contribution is -2.37. The van der Waals surface area contributed by atoms with E-state index in [9.17, 15) is 9.59 Å². The van der Waals surface area contributed by atoms with E-state index in [1.165, 1.54) is 0 Å². The first kappa shape index (κ1) is 20.5. The first-order valence-electron chi connectivity index (χ1n) is 6.68. The maximum atomic E-state index is 11.8. The Hall–Kier alpha value is -0.810. The van der Waals surface area contributed by atoms with Gasteiger partial charge in [-0.05, 0) is 19.4 Å². The zero-order valence-electron chi connectivity index (χ0n) is 12.3. The predicted molar refractivity (Wildman–Crippen MR) is 80.3 cm³/mol. The fourth-order valence-corrected chi connectivity index (χ4v) is 1.81. The second kappa shape index (κ2) is 12.2. The highest BCUT2D eigenvalue weighted by molar-refractivity contribution is 5.85. The Morgan fingerprint density at radius 2 is 1.79 bits per heavy atom. The van der Waals surface area contributed by atoms with Crippen LogP contribution < -0.4 is 11.1 Å². The molecule has 0 saturated heterocycles. The van der Waals surface area contributed by atoms with Gasteiger partial charge in [0.2, 0.25) is 11.8 Å². The molecule has 0 aliphatic rings. The molecule has 0 bridgehead atoms. The van der Waals surface area contributed by atoms with Crippen LogP contribution in [0.1, 0.15) is 39.0 Å². The topological polar surface area (TPSA) is 75.4 Å². The highest BCUT2D eigenvalue weighted by Crippen LogP contribution is 2.06. The first-order valence-corrected chi connectivity index (χ1v) is 6.68. The van der Waals surface area contributed by atoms with Gasteiger partial charge in [-0.3, -0.25) is 9.59 Å². The molecule has 0 spiro atoms. The molecule has 6 heteroatoms. The molecule has 0 saturated carbocycles. The van der Waals surface area contributed by atoms with Crippen LogP contribution in [0.4, 0.5) is 0 Å². The molecule has 1 unspecified atom stereocenters. The summed E-state index contributed by atoms with van der Waals surface area (Å²) in [6.07, 6.45) is 4.61. The summed E-state index contributed by atoms with van der Waals surface area (Å²) >= 11 is 0. The Kier molecular flexibility index (Phi) is 13.2. The van der Waals surface area contributed by atoms with Crippen LogP contribution >= 0.6 is 12.4 Å². The summed E-state index contributed by atoms with van der Waals surface area (Å²) in [5, 5.41) is 2.59. The lowest BCUT2D eigenvalue weighted by molar-refractivity contribution is -0.132. The number of nitrogens with zero attached hydrogens (tertiary/aromatic N) is 1. The summed E-state index contributed by atoms with van der Waals surface area (Å²) in [5.41, 5.74) is 5.40. The van der Waals surface area contributed by atoms with Gasteiger partial charge < -0.3 is 16.0 Å². The predicted octanol–water partition coefficient (Wildman–Crippen LogP) is 1.16. The van der Waals surface area contributed by atoms with Crippen molar-refractivity contribution in [3.05, 3.63) is 0 Å². The normalized spacial score (nSPS) is 11.4. The minimum Gasteiger partial charge on any atom is -0.359 e. The van der Waals surface area contributed by atoms with E-state index in [0.29, 0.717) is 13.0 Å². The third-order valence-corrected chi connectivity index (χ3v) is 3.01. The number of hydrogen-bond acceptors (Lipinski definition) is 3. The standard InChI is InChI=1S/C13H27N3O2.ClH/c1-11(13(18)15-2)10-16(3)12(17)8-6-4-5-7-9-14;/h11H,4-10,14H2,1-3H3,(H,15,18);1H. The molecule has 0 aromatic heterocycles. The van der Waals surface area contributed by atoms with Crippen LogP contribution in [0.2, 0.25) is 0 Å². The van der Waals surface area contributed by atoms with Gasteiger partial charge in [-0.2, -0.15) is 0 Å². The summed E-state index contributed by atoms with van der Waals surface area (Å²) in [5.74, 6) is -0.0858. The summed E-state index contributed by atoms with van der Waals surface area (Å²) in [6.45, 7) is 3.02. The quantitative estimate of drug-likeness (QED) is 0.626. The Bertz CT molecular complexity index is 262. The van der Waals surface area contributed by atoms with Gasteiger partial charge in [0.25, 0.3) is 0 Å². The van der Waals surface area contributed by atoms with E-state index in [1.54, 1.807) is 19.0 Å². The third-order valence-electron chi connectivity index (χ3n) is 3.01. The smallest absolute Gasteiger partial charge is 0.224 e. The van der Waals surface area contributed by atoms with Crippen LogP contribution in [0.25, 0.3) is 0 Å². The molecule has 0 fully saturated rings. The number of carbonyl (C=O) groups excluding carboxylic acids is 2. The number of nitrogens with two attached hydrogens (primary N) is 1. The molecule has 5 nitrogen and oxygen atoms in total. The second-order valence-electron chi connectivity index (χ2n) is 4.74. The average molecular weight is 294 g/mol. The molecule has 3 N–H and O–H groups in total. The van der Waals surface area contributed by atoms with Gasteiger partial charge in [0, 0.05) is 27.1 Å². The van der Waals surface area contributed by atoms with E-state index in [0.717, 1.165) is 32.2 Å². The minimum atomic E-state index is -0.166. The lowest BCUT2D eigenvalue weighted by atomic mass is 10.1. The van der Waals surface area contributed by atoms with Crippen molar-refractivity contribution in [1.82, 2.24) is 10.2 Å². The number of rotatable bonds is 9. The van der Waals surface area contributed by atoms with Crippen LogP contribution in [0, 0.1) is 5.92 Å². The van der Waals surface area contributed by atoms with E-state index in [1.807, 2.05) is 6.92 Å². The number of carbonyl (C=O) groups is 2. The third kappa shape index (κ3) is 9.73. The van der Waals surface area contributed by atoms with Gasteiger partial charge in [-0.25, -0.2) is 0 Å². The Labute approximate surface area is 122 Å². The van der Waals surface area contributed by atoms with Gasteiger partial charge in [0.05, 0.1) is 5.92 Å². The van der Waals surface area contributed by atoms with Crippen molar-refractivity contribution >= 4 is 24.2 Å². The van der Waals surface area contributed by atoms with Crippen molar-refractivity contribution in [2.45, 2.75) is 39.0 Å². The molecule has 2 amide bonds. The van der Waals surface area contributed by atoms with E-state index in [2.05, 4.69) is 5.32 Å². The highest BCUT2D eigenvalue weighted by atomic mass is 35.5. The Morgan fingerprint density at radius 1 is 1.21 bits per heavy atom. The zero-order valence-corrected chi connectivity index (χ0v) is 13.1. The molecule has 0 radical (unpaired) electrons. The summed E-state index contributed by atoms with van der Waals surface area (Å²) < 4.78 is 0. The average Bonchev–Trinajstić information content (AvgIpc) is 2.36. The highest BCUT2D eigenvalue weighted by Gasteiger charge is 2.16. The monoisotopic (exact) mass is 293 g/mol. The molecule has 0 heterocycles. The van der Waals surface area contributed by atoms with Gasteiger partial charge >= 0.3 is 0 Å². The molecule has 0 aromatic carbocycles. The van der Waals surface area contributed by atoms with Crippen LogP contribution in [-0.4, -0.2) is 43.9 Å². The molecule has 0 aliphatic heterocycles. The van der Waals surface area contributed by atoms with Crippen molar-refractivity contribution in [3.63, 3.8) is 0 Å². The zero-order chi connectivity index (χ0) is 14.0. The van der Waals surface area contributed by atoms with E-state index in [-0.39, 0.29) is 30.1 Å². The summed E-state index contributed by atoms with van der Waals surface area (Å²) in [7, 11) is 3.36. The molecule has 1 atom stereocenters. The minimum absolute atomic E-state index is 0. The van der Waals surface area contributed by atoms with Gasteiger partial charge in [0.1, 0.15) is 0 Å². The molecular weight excluding hydrogens is 266 g/mol. The van der Waals surface area contributed by atoms with Crippen LogP contribution in [-0.2, 0) is 9.59 Å².